The molecule has 0 spiro atoms. The Bertz CT molecular complexity index is 940. The molecule has 8 nitrogen and oxygen atoms in total. The molecule has 0 saturated carbocycles. The topological polar surface area (TPSA) is 103 Å². The van der Waals surface area contributed by atoms with Crippen molar-refractivity contribution in [1.29, 1.82) is 0 Å². The quantitative estimate of drug-likeness (QED) is 0.554. The van der Waals surface area contributed by atoms with Crippen LogP contribution >= 0.6 is 0 Å². The van der Waals surface area contributed by atoms with Gasteiger partial charge in [-0.25, -0.2) is 13.1 Å². The van der Waals surface area contributed by atoms with Crippen LogP contribution in [0, 0.1) is 0 Å². The summed E-state index contributed by atoms with van der Waals surface area (Å²) in [6.07, 6.45) is 2.01. The summed E-state index contributed by atoms with van der Waals surface area (Å²) >= 11 is 0. The average Bonchev–Trinajstić information content (AvgIpc) is 3.29. The summed E-state index contributed by atoms with van der Waals surface area (Å²) in [5.41, 5.74) is 0.397. The lowest BCUT2D eigenvalue weighted by Crippen LogP contribution is -2.35. The Morgan fingerprint density at radius 1 is 1.13 bits per heavy atom. The van der Waals surface area contributed by atoms with Crippen molar-refractivity contribution in [3.8, 4) is 11.5 Å². The number of amides is 1. The molecule has 0 radical (unpaired) electrons. The van der Waals surface area contributed by atoms with Crippen LogP contribution < -0.4 is 19.5 Å². The highest BCUT2D eigenvalue weighted by Crippen LogP contribution is 2.20. The summed E-state index contributed by atoms with van der Waals surface area (Å²) in [4.78, 5) is 12.6. The molecule has 1 heterocycles. The number of ether oxygens (including phenoxy) is 3. The molecule has 0 aliphatic carbocycles. The number of methoxy groups -OCH3 is 1. The molecule has 3 rings (SSSR count). The van der Waals surface area contributed by atoms with E-state index in [-0.39, 0.29) is 30.0 Å². The number of carbonyl (C=O) groups excluding carboxylic acids is 1. The van der Waals surface area contributed by atoms with Crippen molar-refractivity contribution in [3.05, 3.63) is 54.1 Å². The zero-order valence-electron chi connectivity index (χ0n) is 16.8. The molecule has 0 bridgehead atoms. The van der Waals surface area contributed by atoms with Crippen LogP contribution in [-0.2, 0) is 14.8 Å². The highest BCUT2D eigenvalue weighted by Gasteiger charge is 2.18. The third-order valence-electron chi connectivity index (χ3n) is 4.65. The van der Waals surface area contributed by atoms with Crippen LogP contribution in [0.2, 0.25) is 0 Å². The molecule has 162 valence electrons. The van der Waals surface area contributed by atoms with Crippen LogP contribution in [0.15, 0.2) is 53.4 Å². The second kappa shape index (κ2) is 10.4. The molecule has 1 amide bonds. The minimum Gasteiger partial charge on any atom is -0.497 e. The zero-order valence-corrected chi connectivity index (χ0v) is 17.6. The van der Waals surface area contributed by atoms with E-state index < -0.39 is 10.0 Å². The third kappa shape index (κ3) is 5.94. The molecular formula is C21H26N2O6S. The van der Waals surface area contributed by atoms with Gasteiger partial charge < -0.3 is 19.5 Å². The first kappa shape index (κ1) is 22.1. The Morgan fingerprint density at radius 3 is 2.60 bits per heavy atom. The fourth-order valence-corrected chi connectivity index (χ4v) is 4.07. The number of carbonyl (C=O) groups is 1. The van der Waals surface area contributed by atoms with Crippen molar-refractivity contribution in [1.82, 2.24) is 10.0 Å². The lowest BCUT2D eigenvalue weighted by molar-refractivity contribution is 0.0670. The van der Waals surface area contributed by atoms with Crippen molar-refractivity contribution in [2.75, 3.05) is 33.4 Å². The van der Waals surface area contributed by atoms with Gasteiger partial charge in [0.2, 0.25) is 10.0 Å². The summed E-state index contributed by atoms with van der Waals surface area (Å²) in [7, 11) is -2.16. The van der Waals surface area contributed by atoms with Crippen LogP contribution in [0.4, 0.5) is 0 Å². The van der Waals surface area contributed by atoms with Gasteiger partial charge in [-0.1, -0.05) is 12.1 Å². The second-order valence-corrected chi connectivity index (χ2v) is 8.54. The van der Waals surface area contributed by atoms with Gasteiger partial charge in [-0.15, -0.1) is 0 Å². The Morgan fingerprint density at radius 2 is 1.90 bits per heavy atom. The van der Waals surface area contributed by atoms with E-state index in [1.165, 1.54) is 19.2 Å². The van der Waals surface area contributed by atoms with Gasteiger partial charge in [-0.2, -0.15) is 0 Å². The van der Waals surface area contributed by atoms with Gasteiger partial charge in [0.05, 0.1) is 23.7 Å². The normalized spacial score (nSPS) is 16.2. The summed E-state index contributed by atoms with van der Waals surface area (Å²) in [5.74, 6) is 0.715. The lowest BCUT2D eigenvalue weighted by Gasteiger charge is -2.14. The highest BCUT2D eigenvalue weighted by molar-refractivity contribution is 7.89. The Labute approximate surface area is 176 Å². The molecule has 1 fully saturated rings. The number of benzene rings is 2. The molecule has 1 atom stereocenters. The third-order valence-corrected chi connectivity index (χ3v) is 6.13. The molecule has 2 aromatic rings. The van der Waals surface area contributed by atoms with Gasteiger partial charge in [0, 0.05) is 19.7 Å². The van der Waals surface area contributed by atoms with E-state index in [1.807, 2.05) is 0 Å². The van der Waals surface area contributed by atoms with E-state index in [1.54, 1.807) is 36.4 Å². The molecule has 0 aromatic heterocycles. The summed E-state index contributed by atoms with van der Waals surface area (Å²) in [6, 6.07) is 13.0. The number of nitrogens with one attached hydrogen (secondary N) is 2. The Kier molecular flexibility index (Phi) is 7.67. The van der Waals surface area contributed by atoms with E-state index in [0.717, 1.165) is 19.4 Å². The lowest BCUT2D eigenvalue weighted by atomic mass is 10.2. The standard InChI is InChI=1S/C21H26N2O6S/c1-27-16-8-10-18(11-9-16)30(25,26)23-13-12-22-21(24)19-6-2-3-7-20(19)29-15-17-5-4-14-28-17/h2-3,6-11,17,23H,4-5,12-15H2,1H3,(H,22,24). The van der Waals surface area contributed by atoms with Gasteiger partial charge in [0.15, 0.2) is 0 Å². The number of hydrogen-bond acceptors (Lipinski definition) is 6. The van der Waals surface area contributed by atoms with Gasteiger partial charge in [-0.05, 0) is 49.2 Å². The summed E-state index contributed by atoms with van der Waals surface area (Å²) < 4.78 is 43.4. The number of sulfonamides is 1. The molecule has 2 aromatic carbocycles. The highest BCUT2D eigenvalue weighted by atomic mass is 32.2. The van der Waals surface area contributed by atoms with Crippen LogP contribution in [0.25, 0.3) is 0 Å². The molecule has 1 aliphatic rings. The second-order valence-electron chi connectivity index (χ2n) is 6.77. The molecule has 30 heavy (non-hydrogen) atoms. The van der Waals surface area contributed by atoms with E-state index in [4.69, 9.17) is 14.2 Å². The van der Waals surface area contributed by atoms with Crippen molar-refractivity contribution in [2.45, 2.75) is 23.8 Å². The number of rotatable bonds is 10. The molecule has 1 aliphatic heterocycles. The van der Waals surface area contributed by atoms with Gasteiger partial charge >= 0.3 is 0 Å². The first-order valence-electron chi connectivity index (χ1n) is 9.75. The minimum absolute atomic E-state index is 0.0495. The van der Waals surface area contributed by atoms with Crippen molar-refractivity contribution >= 4 is 15.9 Å². The monoisotopic (exact) mass is 434 g/mol. The molecular weight excluding hydrogens is 408 g/mol. The van der Waals surface area contributed by atoms with E-state index in [2.05, 4.69) is 10.0 Å². The largest absolute Gasteiger partial charge is 0.497 e. The van der Waals surface area contributed by atoms with E-state index in [9.17, 15) is 13.2 Å². The average molecular weight is 435 g/mol. The van der Waals surface area contributed by atoms with Gasteiger partial charge in [0.25, 0.3) is 5.91 Å². The van der Waals surface area contributed by atoms with Crippen LogP contribution in [0.1, 0.15) is 23.2 Å². The molecule has 9 heteroatoms. The van der Waals surface area contributed by atoms with E-state index in [0.29, 0.717) is 23.7 Å². The number of hydrogen-bond donors (Lipinski definition) is 2. The molecule has 1 unspecified atom stereocenters. The van der Waals surface area contributed by atoms with Gasteiger partial charge in [0.1, 0.15) is 18.1 Å². The maximum atomic E-state index is 12.5. The maximum absolute atomic E-state index is 12.5. The Balaban J connectivity index is 1.49. The van der Waals surface area contributed by atoms with Crippen LogP contribution in [0.5, 0.6) is 11.5 Å². The van der Waals surface area contributed by atoms with Crippen molar-refractivity contribution < 1.29 is 27.4 Å². The Hall–Kier alpha value is -2.62. The number of para-hydroxylation sites is 1. The molecule has 2 N–H and O–H groups in total. The summed E-state index contributed by atoms with van der Waals surface area (Å²) in [5, 5.41) is 2.71. The van der Waals surface area contributed by atoms with E-state index >= 15 is 0 Å². The predicted molar refractivity (Wildman–Crippen MR) is 111 cm³/mol. The smallest absolute Gasteiger partial charge is 0.255 e. The molecule has 1 saturated heterocycles. The predicted octanol–water partition coefficient (Wildman–Crippen LogP) is 1.96. The van der Waals surface area contributed by atoms with Crippen molar-refractivity contribution in [3.63, 3.8) is 0 Å². The van der Waals surface area contributed by atoms with Crippen LogP contribution in [0.3, 0.4) is 0 Å². The SMILES string of the molecule is COc1ccc(S(=O)(=O)NCCNC(=O)c2ccccc2OCC2CCCO2)cc1. The fourth-order valence-electron chi connectivity index (χ4n) is 3.03. The maximum Gasteiger partial charge on any atom is 0.255 e. The zero-order chi connectivity index (χ0) is 21.4. The first-order valence-corrected chi connectivity index (χ1v) is 11.2. The van der Waals surface area contributed by atoms with Crippen LogP contribution in [-0.4, -0.2) is 53.8 Å². The summed E-state index contributed by atoms with van der Waals surface area (Å²) in [6.45, 7) is 1.32. The first-order chi connectivity index (χ1) is 14.5. The fraction of sp³-hybridized carbons (Fsp3) is 0.381. The van der Waals surface area contributed by atoms with Crippen molar-refractivity contribution in [2.24, 2.45) is 0 Å². The minimum atomic E-state index is -3.67. The van der Waals surface area contributed by atoms with Gasteiger partial charge in [-0.3, -0.25) is 4.79 Å².